The van der Waals surface area contributed by atoms with Gasteiger partial charge < -0.3 is 10.2 Å². The van der Waals surface area contributed by atoms with Gasteiger partial charge in [0.1, 0.15) is 0 Å². The van der Waals surface area contributed by atoms with E-state index in [-0.39, 0.29) is 12.3 Å². The molecule has 1 fully saturated rings. The van der Waals surface area contributed by atoms with Crippen molar-refractivity contribution in [2.75, 3.05) is 19.6 Å². The number of nitriles is 1. The summed E-state index contributed by atoms with van der Waals surface area (Å²) in [6.07, 6.45) is 15.1. The first-order valence-electron chi connectivity index (χ1n) is 12.1. The van der Waals surface area contributed by atoms with Crippen LogP contribution in [-0.4, -0.2) is 54.2 Å². The molecule has 3 heterocycles. The summed E-state index contributed by atoms with van der Waals surface area (Å²) in [7, 11) is 0. The molecule has 0 aromatic rings. The average Bonchev–Trinajstić information content (AvgIpc) is 2.80. The van der Waals surface area contributed by atoms with Gasteiger partial charge in [0.15, 0.2) is 6.30 Å². The number of carbonyl (C=O) groups excluding carboxylic acids is 1. The first kappa shape index (κ1) is 21.8. The molecule has 0 radical (unpaired) electrons. The maximum Gasteiger partial charge on any atom is 0.228 e. The molecule has 4 unspecified atom stereocenters. The lowest BCUT2D eigenvalue weighted by Crippen LogP contribution is -2.48. The fourth-order valence-electron chi connectivity index (χ4n) is 5.46. The molecular formula is C26H30FN5O. The van der Waals surface area contributed by atoms with Gasteiger partial charge in [-0.1, -0.05) is 24.3 Å². The smallest absolute Gasteiger partial charge is 0.228 e. The number of rotatable bonds is 5. The molecule has 0 aromatic carbocycles. The van der Waals surface area contributed by atoms with Crippen LogP contribution >= 0.6 is 0 Å². The van der Waals surface area contributed by atoms with E-state index in [0.717, 1.165) is 43.5 Å². The Labute approximate surface area is 194 Å². The first-order chi connectivity index (χ1) is 16.1. The molecule has 0 spiro atoms. The van der Waals surface area contributed by atoms with Crippen molar-refractivity contribution in [3.05, 3.63) is 47.7 Å². The van der Waals surface area contributed by atoms with E-state index in [9.17, 15) is 14.4 Å². The van der Waals surface area contributed by atoms with Gasteiger partial charge in [0.2, 0.25) is 5.91 Å². The van der Waals surface area contributed by atoms with E-state index in [1.807, 2.05) is 11.0 Å². The predicted octanol–water partition coefficient (Wildman–Crippen LogP) is 3.65. The van der Waals surface area contributed by atoms with Gasteiger partial charge in [-0.25, -0.2) is 4.39 Å². The number of amides is 1. The molecule has 1 N–H and O–H groups in total. The van der Waals surface area contributed by atoms with Crippen molar-refractivity contribution < 1.29 is 9.18 Å². The summed E-state index contributed by atoms with van der Waals surface area (Å²) in [6.45, 7) is 2.29. The molecule has 6 nitrogen and oxygen atoms in total. The third-order valence-electron chi connectivity index (χ3n) is 7.35. The van der Waals surface area contributed by atoms with Gasteiger partial charge >= 0.3 is 0 Å². The van der Waals surface area contributed by atoms with Gasteiger partial charge in [0, 0.05) is 49.3 Å². The van der Waals surface area contributed by atoms with Crippen molar-refractivity contribution in [1.82, 2.24) is 10.2 Å². The van der Waals surface area contributed by atoms with E-state index in [1.165, 1.54) is 5.71 Å². The van der Waals surface area contributed by atoms with Crippen molar-refractivity contribution in [3.63, 3.8) is 0 Å². The predicted molar refractivity (Wildman–Crippen MR) is 126 cm³/mol. The average molecular weight is 448 g/mol. The number of hydrogen-bond donors (Lipinski definition) is 1. The van der Waals surface area contributed by atoms with Crippen LogP contribution in [0.4, 0.5) is 4.39 Å². The number of fused-ring (bicyclic) bond motifs is 1. The van der Waals surface area contributed by atoms with Crippen LogP contribution in [0.15, 0.2) is 57.7 Å². The fourth-order valence-corrected chi connectivity index (χ4v) is 5.46. The maximum absolute atomic E-state index is 13.4. The summed E-state index contributed by atoms with van der Waals surface area (Å²) in [5.74, 6) is 1.31. The molecular weight excluding hydrogens is 417 g/mol. The minimum absolute atomic E-state index is 0.0248. The van der Waals surface area contributed by atoms with Crippen molar-refractivity contribution in [2.24, 2.45) is 27.7 Å². The van der Waals surface area contributed by atoms with Crippen LogP contribution in [0.5, 0.6) is 0 Å². The van der Waals surface area contributed by atoms with Gasteiger partial charge in [-0.05, 0) is 49.7 Å². The van der Waals surface area contributed by atoms with Gasteiger partial charge in [-0.15, -0.1) is 0 Å². The van der Waals surface area contributed by atoms with Gasteiger partial charge in [-0.3, -0.25) is 14.8 Å². The van der Waals surface area contributed by atoms with E-state index in [4.69, 9.17) is 0 Å². The van der Waals surface area contributed by atoms with Gasteiger partial charge in [0.25, 0.3) is 0 Å². The number of aliphatic imine (C=N–C) groups is 2. The Hall–Kier alpha value is -3.01. The Morgan fingerprint density at radius 2 is 2.00 bits per heavy atom. The van der Waals surface area contributed by atoms with Gasteiger partial charge in [0.05, 0.1) is 23.9 Å². The topological polar surface area (TPSA) is 80.9 Å². The number of alkyl halides is 1. The van der Waals surface area contributed by atoms with Crippen LogP contribution in [-0.2, 0) is 4.79 Å². The Morgan fingerprint density at radius 3 is 2.73 bits per heavy atom. The number of likely N-dealkylation sites (tertiary alicyclic amines) is 1. The van der Waals surface area contributed by atoms with E-state index in [0.29, 0.717) is 49.0 Å². The molecule has 0 bridgehead atoms. The zero-order valence-electron chi connectivity index (χ0n) is 18.8. The number of allylic oxidation sites excluding steroid dienone is 7. The highest BCUT2D eigenvalue weighted by Crippen LogP contribution is 2.38. The third-order valence-corrected chi connectivity index (χ3v) is 7.35. The number of dihydropyridines is 1. The quantitative estimate of drug-likeness (QED) is 0.653. The molecule has 2 aliphatic carbocycles. The number of carbonyl (C=O) groups is 1. The minimum atomic E-state index is -1.22. The summed E-state index contributed by atoms with van der Waals surface area (Å²) in [5, 5.41) is 13.0. The first-order valence-corrected chi connectivity index (χ1v) is 12.1. The van der Waals surface area contributed by atoms with Crippen LogP contribution in [0, 0.1) is 29.1 Å². The molecule has 3 aliphatic heterocycles. The SMILES string of the molecule is N#CC1=CC(C2C=C(NC3CCN(C(=O)CC4=NC(F)CC=C4)CC3)C3=NCC3C2)CC=C1. The molecule has 7 heteroatoms. The number of nitrogens with one attached hydrogen (secondary N) is 1. The monoisotopic (exact) mass is 447 g/mol. The minimum Gasteiger partial charge on any atom is -0.381 e. The van der Waals surface area contributed by atoms with Crippen molar-refractivity contribution >= 4 is 17.3 Å². The van der Waals surface area contributed by atoms with Crippen molar-refractivity contribution in [2.45, 2.75) is 50.9 Å². The van der Waals surface area contributed by atoms with E-state index in [2.05, 4.69) is 39.6 Å². The second-order valence-corrected chi connectivity index (χ2v) is 9.61. The standard InChI is InChI=1S/C26H30FN5O/c27-24-6-2-5-22(31-24)14-25(33)32-9-7-21(8-10-32)30-23-13-19(12-20-16-29-26(20)23)18-4-1-3-17(11-18)15-28/h1-3,5,11,13,18-21,24,30H,4,6-10,12,14,16H2. The van der Waals surface area contributed by atoms with E-state index >= 15 is 0 Å². The maximum atomic E-state index is 13.4. The van der Waals surface area contributed by atoms with Crippen LogP contribution in [0.2, 0.25) is 0 Å². The Morgan fingerprint density at radius 1 is 1.18 bits per heavy atom. The summed E-state index contributed by atoms with van der Waals surface area (Å²) >= 11 is 0. The van der Waals surface area contributed by atoms with Crippen LogP contribution in [0.1, 0.15) is 38.5 Å². The Kier molecular flexibility index (Phi) is 6.26. The van der Waals surface area contributed by atoms with Crippen molar-refractivity contribution in [1.29, 1.82) is 5.26 Å². The molecule has 1 saturated heterocycles. The summed E-state index contributed by atoms with van der Waals surface area (Å²) in [4.78, 5) is 23.1. The number of hydrogen-bond acceptors (Lipinski definition) is 5. The lowest BCUT2D eigenvalue weighted by atomic mass is 9.72. The van der Waals surface area contributed by atoms with Crippen molar-refractivity contribution in [3.8, 4) is 6.07 Å². The molecule has 172 valence electrons. The lowest BCUT2D eigenvalue weighted by molar-refractivity contribution is -0.130. The Bertz CT molecular complexity index is 1020. The fraction of sp³-hybridized carbons (Fsp3) is 0.538. The Balaban J connectivity index is 1.18. The number of piperidine rings is 1. The molecule has 5 aliphatic rings. The van der Waals surface area contributed by atoms with Crippen LogP contribution < -0.4 is 5.32 Å². The normalized spacial score (nSPS) is 31.3. The molecule has 0 saturated carbocycles. The summed E-state index contributed by atoms with van der Waals surface area (Å²) < 4.78 is 13.4. The summed E-state index contributed by atoms with van der Waals surface area (Å²) in [5.41, 5.74) is 3.65. The largest absolute Gasteiger partial charge is 0.381 e. The number of halogens is 1. The molecule has 5 rings (SSSR count). The molecule has 4 atom stereocenters. The zero-order chi connectivity index (χ0) is 22.8. The number of nitrogens with zero attached hydrogens (tertiary/aromatic N) is 4. The van der Waals surface area contributed by atoms with Crippen LogP contribution in [0.25, 0.3) is 0 Å². The highest BCUT2D eigenvalue weighted by atomic mass is 19.1. The second-order valence-electron chi connectivity index (χ2n) is 9.61. The molecule has 0 aromatic heterocycles. The van der Waals surface area contributed by atoms with Gasteiger partial charge in [-0.2, -0.15) is 5.26 Å². The molecule has 33 heavy (non-hydrogen) atoms. The lowest BCUT2D eigenvalue weighted by Gasteiger charge is -2.40. The summed E-state index contributed by atoms with van der Waals surface area (Å²) in [6, 6.07) is 2.58. The highest BCUT2D eigenvalue weighted by Gasteiger charge is 2.37. The third kappa shape index (κ3) is 4.85. The van der Waals surface area contributed by atoms with E-state index < -0.39 is 6.30 Å². The van der Waals surface area contributed by atoms with Crippen LogP contribution in [0.3, 0.4) is 0 Å². The second kappa shape index (κ2) is 9.46. The zero-order valence-corrected chi connectivity index (χ0v) is 18.8. The van der Waals surface area contributed by atoms with E-state index in [1.54, 1.807) is 12.2 Å². The highest BCUT2D eigenvalue weighted by molar-refractivity contribution is 6.07. The molecule has 1 amide bonds.